The maximum absolute atomic E-state index is 12.6. The molecule has 0 N–H and O–H groups in total. The number of ether oxygens (including phenoxy) is 1. The van der Waals surface area contributed by atoms with E-state index >= 15 is 0 Å². The quantitative estimate of drug-likeness (QED) is 0.853. The Labute approximate surface area is 144 Å². The lowest BCUT2D eigenvalue weighted by Gasteiger charge is -2.19. The van der Waals surface area contributed by atoms with Gasteiger partial charge in [0.25, 0.3) is 5.91 Å². The molecule has 1 amide bonds. The summed E-state index contributed by atoms with van der Waals surface area (Å²) >= 11 is 5.97. The number of halogens is 1. The molecule has 1 aromatic heterocycles. The first-order chi connectivity index (χ1) is 11.6. The summed E-state index contributed by atoms with van der Waals surface area (Å²) in [5, 5.41) is 4.38. The highest BCUT2D eigenvalue weighted by Gasteiger charge is 2.43. The maximum Gasteiger partial charge on any atom is 0.254 e. The van der Waals surface area contributed by atoms with E-state index in [2.05, 4.69) is 10.1 Å². The zero-order valence-corrected chi connectivity index (χ0v) is 14.1. The highest BCUT2D eigenvalue weighted by molar-refractivity contribution is 6.30. The van der Waals surface area contributed by atoms with Crippen LogP contribution in [0.15, 0.2) is 28.8 Å². The fourth-order valence-electron chi connectivity index (χ4n) is 3.58. The number of rotatable bonds is 3. The summed E-state index contributed by atoms with van der Waals surface area (Å²) < 4.78 is 11.2. The van der Waals surface area contributed by atoms with E-state index in [1.807, 2.05) is 4.90 Å². The molecule has 4 rings (SSSR count). The van der Waals surface area contributed by atoms with Gasteiger partial charge >= 0.3 is 0 Å². The Kier molecular flexibility index (Phi) is 4.02. The molecule has 1 aromatic carbocycles. The van der Waals surface area contributed by atoms with Crippen molar-refractivity contribution in [3.8, 4) is 0 Å². The first kappa shape index (κ1) is 15.6. The number of aryl methyl sites for hydroxylation is 1. The summed E-state index contributed by atoms with van der Waals surface area (Å²) in [5.41, 5.74) is 0.625. The van der Waals surface area contributed by atoms with Gasteiger partial charge in [-0.1, -0.05) is 22.8 Å². The largest absolute Gasteiger partial charge is 0.372 e. The molecule has 0 aliphatic carbocycles. The average Bonchev–Trinajstić information content (AvgIpc) is 3.21. The second-order valence-electron chi connectivity index (χ2n) is 6.45. The van der Waals surface area contributed by atoms with Crippen LogP contribution in [0.1, 0.15) is 28.5 Å². The molecule has 2 aliphatic heterocycles. The van der Waals surface area contributed by atoms with Crippen LogP contribution in [-0.2, 0) is 11.2 Å². The molecule has 24 heavy (non-hydrogen) atoms. The smallest absolute Gasteiger partial charge is 0.254 e. The fourth-order valence-corrected chi connectivity index (χ4v) is 3.77. The van der Waals surface area contributed by atoms with Gasteiger partial charge in [0.1, 0.15) is 0 Å². The van der Waals surface area contributed by atoms with E-state index in [1.165, 1.54) is 0 Å². The number of nitrogens with zero attached hydrogens (tertiary/aromatic N) is 3. The molecule has 2 aromatic rings. The molecule has 2 fully saturated rings. The first-order valence-electron chi connectivity index (χ1n) is 8.08. The molecule has 0 radical (unpaired) electrons. The Morgan fingerprint density at radius 3 is 3.00 bits per heavy atom. The highest BCUT2D eigenvalue weighted by atomic mass is 35.5. The summed E-state index contributed by atoms with van der Waals surface area (Å²) in [7, 11) is 0. The third-order valence-electron chi connectivity index (χ3n) is 4.64. The van der Waals surface area contributed by atoms with Crippen molar-refractivity contribution in [3.63, 3.8) is 0 Å². The molecule has 6 nitrogen and oxygen atoms in total. The van der Waals surface area contributed by atoms with Crippen molar-refractivity contribution in [2.75, 3.05) is 13.1 Å². The van der Waals surface area contributed by atoms with Gasteiger partial charge < -0.3 is 14.2 Å². The molecule has 3 atom stereocenters. The van der Waals surface area contributed by atoms with E-state index in [4.69, 9.17) is 20.9 Å². The van der Waals surface area contributed by atoms with Crippen molar-refractivity contribution >= 4 is 17.5 Å². The number of carbonyl (C=O) groups excluding carboxylic acids is 1. The van der Waals surface area contributed by atoms with Crippen LogP contribution < -0.4 is 0 Å². The summed E-state index contributed by atoms with van der Waals surface area (Å²) in [6.45, 7) is 3.14. The SMILES string of the molecule is Cc1noc(C[C@H]2C[C@H]3CN(C(=O)c4cccc(Cl)c4)C[C@H]3O2)n1. The number of hydrogen-bond donors (Lipinski definition) is 0. The van der Waals surface area contributed by atoms with Gasteiger partial charge in [-0.15, -0.1) is 0 Å². The van der Waals surface area contributed by atoms with E-state index in [-0.39, 0.29) is 18.1 Å². The maximum atomic E-state index is 12.6. The van der Waals surface area contributed by atoms with Crippen LogP contribution in [0.25, 0.3) is 0 Å². The van der Waals surface area contributed by atoms with Gasteiger partial charge in [-0.25, -0.2) is 0 Å². The first-order valence-corrected chi connectivity index (χ1v) is 8.46. The van der Waals surface area contributed by atoms with E-state index in [0.717, 1.165) is 13.0 Å². The van der Waals surface area contributed by atoms with E-state index in [0.29, 0.717) is 41.2 Å². The molecular weight excluding hydrogens is 330 g/mol. The van der Waals surface area contributed by atoms with E-state index in [9.17, 15) is 4.79 Å². The number of carbonyl (C=O) groups is 1. The van der Waals surface area contributed by atoms with Gasteiger partial charge in [0, 0.05) is 29.6 Å². The summed E-state index contributed by atoms with van der Waals surface area (Å²) in [6, 6.07) is 7.07. The lowest BCUT2D eigenvalue weighted by molar-refractivity contribution is 0.0330. The molecule has 0 bridgehead atoms. The minimum Gasteiger partial charge on any atom is -0.372 e. The predicted octanol–water partition coefficient (Wildman–Crippen LogP) is 2.50. The standard InChI is InChI=1S/C17H18ClN3O3/c1-10-19-16(24-20-10)7-14-6-12-8-21(9-15(12)23-14)17(22)11-3-2-4-13(18)5-11/h2-5,12,14-15H,6-9H2,1H3/t12-,14+,15+/m0/s1. The van der Waals surface area contributed by atoms with E-state index < -0.39 is 0 Å². The number of amides is 1. The zero-order valence-electron chi connectivity index (χ0n) is 13.3. The molecule has 0 spiro atoms. The van der Waals surface area contributed by atoms with Crippen molar-refractivity contribution in [2.45, 2.75) is 32.0 Å². The highest BCUT2D eigenvalue weighted by Crippen LogP contribution is 2.34. The van der Waals surface area contributed by atoms with Crippen molar-refractivity contribution in [3.05, 3.63) is 46.6 Å². The Morgan fingerprint density at radius 2 is 2.29 bits per heavy atom. The Bertz CT molecular complexity index is 749. The van der Waals surface area contributed by atoms with Crippen LogP contribution in [0.3, 0.4) is 0 Å². The number of aromatic nitrogens is 2. The van der Waals surface area contributed by atoms with Crippen molar-refractivity contribution in [1.29, 1.82) is 0 Å². The normalized spacial score (nSPS) is 25.9. The Balaban J connectivity index is 1.36. The number of fused-ring (bicyclic) bond motifs is 1. The number of benzene rings is 1. The lowest BCUT2D eigenvalue weighted by Crippen LogP contribution is -2.31. The zero-order chi connectivity index (χ0) is 16.7. The van der Waals surface area contributed by atoms with Crippen LogP contribution in [0.5, 0.6) is 0 Å². The molecular formula is C17H18ClN3O3. The van der Waals surface area contributed by atoms with Gasteiger partial charge in [-0.3, -0.25) is 4.79 Å². The molecule has 3 heterocycles. The molecule has 0 saturated carbocycles. The predicted molar refractivity (Wildman–Crippen MR) is 86.9 cm³/mol. The molecule has 7 heteroatoms. The third kappa shape index (κ3) is 3.03. The second kappa shape index (κ2) is 6.18. The van der Waals surface area contributed by atoms with Gasteiger partial charge in [0.05, 0.1) is 18.6 Å². The van der Waals surface area contributed by atoms with Crippen LogP contribution >= 0.6 is 11.6 Å². The third-order valence-corrected chi connectivity index (χ3v) is 4.88. The monoisotopic (exact) mass is 347 g/mol. The minimum absolute atomic E-state index is 0.0135. The van der Waals surface area contributed by atoms with Crippen molar-refractivity contribution < 1.29 is 14.1 Å². The molecule has 0 unspecified atom stereocenters. The summed E-state index contributed by atoms with van der Waals surface area (Å²) in [6.07, 6.45) is 1.71. The lowest BCUT2D eigenvalue weighted by atomic mass is 10.0. The fraction of sp³-hybridized carbons (Fsp3) is 0.471. The van der Waals surface area contributed by atoms with Crippen LogP contribution in [-0.4, -0.2) is 46.2 Å². The van der Waals surface area contributed by atoms with Crippen LogP contribution in [0.2, 0.25) is 5.02 Å². The molecule has 2 aliphatic rings. The topological polar surface area (TPSA) is 68.5 Å². The summed E-state index contributed by atoms with van der Waals surface area (Å²) in [4.78, 5) is 18.7. The second-order valence-corrected chi connectivity index (χ2v) is 6.89. The van der Waals surface area contributed by atoms with Gasteiger partial charge in [0.2, 0.25) is 5.89 Å². The Hall–Kier alpha value is -1.92. The minimum atomic E-state index is 0.0135. The van der Waals surface area contributed by atoms with Gasteiger partial charge in [-0.05, 0) is 31.5 Å². The number of likely N-dealkylation sites (tertiary alicyclic amines) is 1. The number of hydrogen-bond acceptors (Lipinski definition) is 5. The molecule has 2 saturated heterocycles. The average molecular weight is 348 g/mol. The van der Waals surface area contributed by atoms with Crippen LogP contribution in [0, 0.1) is 12.8 Å². The Morgan fingerprint density at radius 1 is 1.42 bits per heavy atom. The van der Waals surface area contributed by atoms with Crippen molar-refractivity contribution in [2.24, 2.45) is 5.92 Å². The van der Waals surface area contributed by atoms with E-state index in [1.54, 1.807) is 31.2 Å². The van der Waals surface area contributed by atoms with Gasteiger partial charge in [0.15, 0.2) is 5.82 Å². The summed E-state index contributed by atoms with van der Waals surface area (Å²) in [5.74, 6) is 1.63. The van der Waals surface area contributed by atoms with Crippen LogP contribution in [0.4, 0.5) is 0 Å². The van der Waals surface area contributed by atoms with Crippen molar-refractivity contribution in [1.82, 2.24) is 15.0 Å². The molecule has 126 valence electrons. The van der Waals surface area contributed by atoms with Gasteiger partial charge in [-0.2, -0.15) is 4.98 Å².